The van der Waals surface area contributed by atoms with E-state index in [0.29, 0.717) is 6.54 Å². The number of carbonyl (C=O) groups excluding carboxylic acids is 1. The number of nitrogens with one attached hydrogen (secondary N) is 3. The van der Waals surface area contributed by atoms with E-state index in [-0.39, 0.29) is 17.8 Å². The van der Waals surface area contributed by atoms with E-state index >= 15 is 0 Å². The zero-order valence-corrected chi connectivity index (χ0v) is 16.6. The van der Waals surface area contributed by atoms with Crippen molar-refractivity contribution in [1.82, 2.24) is 5.32 Å². The van der Waals surface area contributed by atoms with Crippen LogP contribution in [0.15, 0.2) is 48.5 Å². The maximum absolute atomic E-state index is 13.6. The van der Waals surface area contributed by atoms with Gasteiger partial charge in [-0.15, -0.1) is 0 Å². The molecule has 0 saturated carbocycles. The van der Waals surface area contributed by atoms with Crippen LogP contribution in [0, 0.1) is 5.82 Å². The molecular weight excluding hydrogens is 357 g/mol. The van der Waals surface area contributed by atoms with E-state index in [1.54, 1.807) is 19.2 Å². The van der Waals surface area contributed by atoms with Crippen LogP contribution in [-0.2, 0) is 17.9 Å². The van der Waals surface area contributed by atoms with Crippen molar-refractivity contribution in [2.75, 3.05) is 33.3 Å². The van der Waals surface area contributed by atoms with Crippen LogP contribution in [0.2, 0.25) is 0 Å². The van der Waals surface area contributed by atoms with Crippen LogP contribution in [0.5, 0.6) is 5.75 Å². The Morgan fingerprint density at radius 1 is 1.14 bits per heavy atom. The van der Waals surface area contributed by atoms with E-state index in [0.717, 1.165) is 49.6 Å². The molecule has 3 N–H and O–H groups in total. The summed E-state index contributed by atoms with van der Waals surface area (Å²) in [4.78, 5) is 15.2. The van der Waals surface area contributed by atoms with Gasteiger partial charge in [-0.1, -0.05) is 30.3 Å². The molecule has 1 aliphatic rings. The van der Waals surface area contributed by atoms with Gasteiger partial charge in [0.2, 0.25) is 0 Å². The first-order chi connectivity index (χ1) is 13.6. The van der Waals surface area contributed by atoms with Gasteiger partial charge in [0, 0.05) is 6.54 Å². The molecule has 6 heteroatoms. The van der Waals surface area contributed by atoms with E-state index in [4.69, 9.17) is 4.74 Å². The van der Waals surface area contributed by atoms with Crippen LogP contribution < -0.4 is 19.9 Å². The third kappa shape index (κ3) is 5.30. The number of rotatable bonds is 7. The normalized spacial score (nSPS) is 20.4. The summed E-state index contributed by atoms with van der Waals surface area (Å²) in [5.41, 5.74) is 2.01. The number of ether oxygens (including phenoxy) is 1. The van der Waals surface area contributed by atoms with Crippen molar-refractivity contribution in [1.29, 1.82) is 0 Å². The molecule has 3 rings (SSSR count). The summed E-state index contributed by atoms with van der Waals surface area (Å²) >= 11 is 0. The lowest BCUT2D eigenvalue weighted by Crippen LogP contribution is -3.29. The fraction of sp³-hybridized carbons (Fsp3) is 0.409. The third-order valence-electron chi connectivity index (χ3n) is 5.60. The molecular formula is C22H30FN3O2+2. The van der Waals surface area contributed by atoms with Crippen molar-refractivity contribution in [3.8, 4) is 5.75 Å². The summed E-state index contributed by atoms with van der Waals surface area (Å²) in [6, 6.07) is 14.6. The van der Waals surface area contributed by atoms with Gasteiger partial charge in [0.25, 0.3) is 5.91 Å². The predicted octanol–water partition coefficient (Wildman–Crippen LogP) is -0.177. The molecule has 0 radical (unpaired) electrons. The average Bonchev–Trinajstić information content (AvgIpc) is 2.73. The van der Waals surface area contributed by atoms with Crippen LogP contribution in [0.3, 0.4) is 0 Å². The third-order valence-corrected chi connectivity index (χ3v) is 5.60. The van der Waals surface area contributed by atoms with Crippen LogP contribution >= 0.6 is 0 Å². The van der Waals surface area contributed by atoms with Crippen molar-refractivity contribution < 1.29 is 23.7 Å². The lowest BCUT2D eigenvalue weighted by Gasteiger charge is -2.32. The number of piperazine rings is 1. The van der Waals surface area contributed by atoms with Gasteiger partial charge in [-0.3, -0.25) is 4.79 Å². The maximum Gasteiger partial charge on any atom is 0.278 e. The molecule has 1 saturated heterocycles. The molecule has 150 valence electrons. The smallest absolute Gasteiger partial charge is 0.278 e. The average molecular weight is 387 g/mol. The fourth-order valence-corrected chi connectivity index (χ4v) is 3.81. The summed E-state index contributed by atoms with van der Waals surface area (Å²) in [6.07, 6.45) is 0. The maximum atomic E-state index is 13.6. The summed E-state index contributed by atoms with van der Waals surface area (Å²) in [5.74, 6) is 0.592. The van der Waals surface area contributed by atoms with E-state index in [2.05, 4.69) is 5.32 Å². The molecule has 0 aromatic heterocycles. The van der Waals surface area contributed by atoms with Gasteiger partial charge in [-0.05, 0) is 30.7 Å². The van der Waals surface area contributed by atoms with E-state index in [1.165, 1.54) is 15.9 Å². The minimum Gasteiger partial charge on any atom is -0.496 e. The second-order valence-electron chi connectivity index (χ2n) is 7.47. The molecule has 5 nitrogen and oxygen atoms in total. The van der Waals surface area contributed by atoms with Crippen molar-refractivity contribution in [3.05, 3.63) is 65.5 Å². The number of halogens is 1. The highest BCUT2D eigenvalue weighted by Crippen LogP contribution is 2.18. The molecule has 1 fully saturated rings. The molecule has 0 unspecified atom stereocenters. The van der Waals surface area contributed by atoms with Crippen molar-refractivity contribution in [2.45, 2.75) is 26.1 Å². The molecule has 1 amide bonds. The van der Waals surface area contributed by atoms with Gasteiger partial charge in [0.05, 0.1) is 12.7 Å². The number of methoxy groups -OCH3 is 1. The highest BCUT2D eigenvalue weighted by atomic mass is 19.1. The van der Waals surface area contributed by atoms with E-state index in [1.807, 2.05) is 37.3 Å². The van der Waals surface area contributed by atoms with Gasteiger partial charge < -0.3 is 19.9 Å². The molecule has 0 spiro atoms. The van der Waals surface area contributed by atoms with Crippen LogP contribution in [0.1, 0.15) is 18.1 Å². The number of hydrogen-bond donors (Lipinski definition) is 3. The van der Waals surface area contributed by atoms with Crippen LogP contribution in [0.4, 0.5) is 4.39 Å². The Labute approximate surface area is 166 Å². The molecule has 28 heavy (non-hydrogen) atoms. The summed E-state index contributed by atoms with van der Waals surface area (Å²) in [5, 5.41) is 3.04. The Balaban J connectivity index is 1.48. The van der Waals surface area contributed by atoms with Gasteiger partial charge in [-0.2, -0.15) is 0 Å². The number of amides is 1. The van der Waals surface area contributed by atoms with Gasteiger partial charge >= 0.3 is 0 Å². The van der Waals surface area contributed by atoms with Gasteiger partial charge in [-0.25, -0.2) is 4.39 Å². The van der Waals surface area contributed by atoms with Crippen molar-refractivity contribution in [3.63, 3.8) is 0 Å². The van der Waals surface area contributed by atoms with E-state index in [9.17, 15) is 9.18 Å². The zero-order chi connectivity index (χ0) is 19.9. The first kappa shape index (κ1) is 20.3. The number of carbonyl (C=O) groups is 1. The minimum atomic E-state index is -0.233. The molecule has 1 heterocycles. The Morgan fingerprint density at radius 2 is 1.86 bits per heavy atom. The van der Waals surface area contributed by atoms with Crippen LogP contribution in [-0.4, -0.2) is 45.2 Å². The quantitative estimate of drug-likeness (QED) is 0.618. The molecule has 0 aliphatic carbocycles. The molecule has 0 bridgehead atoms. The molecule has 1 aliphatic heterocycles. The molecule has 2 aromatic carbocycles. The second-order valence-corrected chi connectivity index (χ2v) is 7.47. The first-order valence-corrected chi connectivity index (χ1v) is 9.89. The Kier molecular flexibility index (Phi) is 7.01. The topological polar surface area (TPSA) is 47.2 Å². The highest BCUT2D eigenvalue weighted by Gasteiger charge is 2.31. The molecule has 1 atom stereocenters. The second kappa shape index (κ2) is 9.66. The monoisotopic (exact) mass is 387 g/mol. The lowest BCUT2D eigenvalue weighted by molar-refractivity contribution is -1.02. The summed E-state index contributed by atoms with van der Waals surface area (Å²) in [7, 11) is 1.61. The lowest BCUT2D eigenvalue weighted by atomic mass is 10.1. The predicted molar refractivity (Wildman–Crippen MR) is 106 cm³/mol. The van der Waals surface area contributed by atoms with Gasteiger partial charge in [0.1, 0.15) is 44.3 Å². The van der Waals surface area contributed by atoms with E-state index < -0.39 is 0 Å². The van der Waals surface area contributed by atoms with Crippen molar-refractivity contribution >= 4 is 5.91 Å². The zero-order valence-electron chi connectivity index (χ0n) is 16.6. The standard InChI is InChI=1S/C22H28FN3O2/c1-17(22(27)24-15-18-6-4-3-5-7-18)26-12-10-25(11-13-26)16-19-14-20(23)8-9-21(19)28-2/h3-9,14,17H,10-13,15-16H2,1-2H3,(H,24,27)/p+2/t17-/m1/s1. The first-order valence-electron chi connectivity index (χ1n) is 9.89. The Morgan fingerprint density at radius 3 is 2.54 bits per heavy atom. The van der Waals surface area contributed by atoms with Gasteiger partial charge in [0.15, 0.2) is 6.04 Å². The largest absolute Gasteiger partial charge is 0.496 e. The number of hydrogen-bond acceptors (Lipinski definition) is 2. The SMILES string of the molecule is COc1ccc(F)cc1C[NH+]1CC[NH+]([C@H](C)C(=O)NCc2ccccc2)CC1. The number of benzene rings is 2. The Hall–Kier alpha value is -2.44. The Bertz CT molecular complexity index is 777. The van der Waals surface area contributed by atoms with Crippen LogP contribution in [0.25, 0.3) is 0 Å². The fourth-order valence-electron chi connectivity index (χ4n) is 3.81. The summed E-state index contributed by atoms with van der Waals surface area (Å²) in [6.45, 7) is 7.05. The highest BCUT2D eigenvalue weighted by molar-refractivity contribution is 5.79. The van der Waals surface area contributed by atoms with Crippen molar-refractivity contribution in [2.24, 2.45) is 0 Å². The summed E-state index contributed by atoms with van der Waals surface area (Å²) < 4.78 is 18.9. The molecule has 2 aromatic rings. The number of quaternary nitrogens is 2. The minimum absolute atomic E-state index is 0.0750.